The number of hydrogen-bond donors (Lipinski definition) is 2. The summed E-state index contributed by atoms with van der Waals surface area (Å²) in [4.78, 5) is 19.7. The predicted octanol–water partition coefficient (Wildman–Crippen LogP) is 0.377. The van der Waals surface area contributed by atoms with Crippen molar-refractivity contribution in [3.05, 3.63) is 0 Å². The van der Waals surface area contributed by atoms with Crippen molar-refractivity contribution < 1.29 is 29.3 Å². The Morgan fingerprint density at radius 3 is 2.33 bits per heavy atom. The summed E-state index contributed by atoms with van der Waals surface area (Å²) in [6, 6.07) is 0. The number of ether oxygens (including phenoxy) is 2. The monoisotopic (exact) mass is 174 g/mol. The second-order valence-electron chi connectivity index (χ2n) is 1.62. The van der Waals surface area contributed by atoms with Crippen LogP contribution in [0.5, 0.6) is 0 Å². The van der Waals surface area contributed by atoms with Gasteiger partial charge in [0.15, 0.2) is 6.10 Å². The third-order valence-electron chi connectivity index (χ3n) is 0.787. The van der Waals surface area contributed by atoms with E-state index in [1.54, 1.807) is 0 Å². The summed E-state index contributed by atoms with van der Waals surface area (Å²) in [5, 5.41) is 16.1. The number of carboxylic acid groups (broad SMARTS) is 2. The Morgan fingerprint density at radius 2 is 2.00 bits per heavy atom. The van der Waals surface area contributed by atoms with Crippen LogP contribution in [0.25, 0.3) is 0 Å². The van der Waals surface area contributed by atoms with Gasteiger partial charge < -0.3 is 19.7 Å². The molecule has 0 aliphatic rings. The molecule has 0 bridgehead atoms. The summed E-state index contributed by atoms with van der Waals surface area (Å²) < 4.78 is 8.02. The highest BCUT2D eigenvalue weighted by molar-refractivity contribution is 5.58. The molecular formula is C6H6O6. The summed E-state index contributed by atoms with van der Waals surface area (Å²) >= 11 is 0. The Kier molecular flexibility index (Phi) is 4.08. The lowest BCUT2D eigenvalue weighted by molar-refractivity contribution is 0.0257. The van der Waals surface area contributed by atoms with Crippen molar-refractivity contribution in [1.29, 1.82) is 0 Å². The zero-order chi connectivity index (χ0) is 9.56. The van der Waals surface area contributed by atoms with E-state index in [1.165, 1.54) is 0 Å². The lowest BCUT2D eigenvalue weighted by Crippen LogP contribution is -2.22. The van der Waals surface area contributed by atoms with Crippen LogP contribution in [0.2, 0.25) is 0 Å². The molecule has 0 aliphatic heterocycles. The zero-order valence-electron chi connectivity index (χ0n) is 5.89. The van der Waals surface area contributed by atoms with E-state index in [0.29, 0.717) is 0 Å². The van der Waals surface area contributed by atoms with E-state index in [0.717, 1.165) is 0 Å². The molecule has 0 saturated carbocycles. The summed E-state index contributed by atoms with van der Waals surface area (Å²) in [5.74, 6) is 1.90. The first-order valence-corrected chi connectivity index (χ1v) is 2.77. The van der Waals surface area contributed by atoms with Crippen LogP contribution in [0.4, 0.5) is 9.59 Å². The average molecular weight is 174 g/mol. The first-order chi connectivity index (χ1) is 5.56. The van der Waals surface area contributed by atoms with Gasteiger partial charge in [-0.2, -0.15) is 0 Å². The van der Waals surface area contributed by atoms with E-state index < -0.39 is 25.0 Å². The van der Waals surface area contributed by atoms with E-state index in [4.69, 9.17) is 16.6 Å². The Morgan fingerprint density at radius 1 is 1.42 bits per heavy atom. The van der Waals surface area contributed by atoms with Crippen LogP contribution in [0.3, 0.4) is 0 Å². The highest BCUT2D eigenvalue weighted by atomic mass is 16.7. The molecule has 66 valence electrons. The van der Waals surface area contributed by atoms with Gasteiger partial charge in [-0.25, -0.2) is 9.59 Å². The molecule has 1 unspecified atom stereocenters. The molecule has 0 spiro atoms. The minimum atomic E-state index is -1.58. The highest BCUT2D eigenvalue weighted by Gasteiger charge is 2.12. The van der Waals surface area contributed by atoms with Gasteiger partial charge in [0.25, 0.3) is 0 Å². The Bertz CT molecular complexity index is 215. The van der Waals surface area contributed by atoms with Gasteiger partial charge >= 0.3 is 12.3 Å². The minimum absolute atomic E-state index is 0.502. The molecule has 0 saturated heterocycles. The third-order valence-corrected chi connectivity index (χ3v) is 0.787. The van der Waals surface area contributed by atoms with Crippen molar-refractivity contribution >= 4 is 12.3 Å². The molecule has 6 heteroatoms. The van der Waals surface area contributed by atoms with Crippen molar-refractivity contribution in [3.8, 4) is 12.3 Å². The summed E-state index contributed by atoms with van der Waals surface area (Å²) in [6.45, 7) is -0.502. The van der Waals surface area contributed by atoms with Gasteiger partial charge in [-0.3, -0.25) is 0 Å². The molecule has 0 aromatic carbocycles. The fourth-order valence-electron chi connectivity index (χ4n) is 0.385. The fourth-order valence-corrected chi connectivity index (χ4v) is 0.385. The molecule has 0 heterocycles. The molecule has 0 radical (unpaired) electrons. The number of hydrogen-bond acceptors (Lipinski definition) is 4. The average Bonchev–Trinajstić information content (AvgIpc) is 1.97. The molecule has 0 aromatic heterocycles. The largest absolute Gasteiger partial charge is 0.507 e. The Hall–Kier alpha value is -1.90. The van der Waals surface area contributed by atoms with Crippen LogP contribution in [-0.4, -0.2) is 35.2 Å². The molecule has 0 aromatic rings. The Balaban J connectivity index is 3.78. The first-order valence-electron chi connectivity index (χ1n) is 2.77. The minimum Gasteiger partial charge on any atom is -0.450 e. The lowest BCUT2D eigenvalue weighted by Gasteiger charge is -2.07. The number of rotatable bonds is 3. The second-order valence-corrected chi connectivity index (χ2v) is 1.62. The smallest absolute Gasteiger partial charge is 0.450 e. The van der Waals surface area contributed by atoms with Crippen LogP contribution in [0.15, 0.2) is 0 Å². The maximum atomic E-state index is 9.89. The van der Waals surface area contributed by atoms with Crippen LogP contribution >= 0.6 is 0 Å². The van der Waals surface area contributed by atoms with E-state index in [-0.39, 0.29) is 0 Å². The van der Waals surface area contributed by atoms with Crippen molar-refractivity contribution in [1.82, 2.24) is 0 Å². The molecule has 6 nitrogen and oxygen atoms in total. The summed E-state index contributed by atoms with van der Waals surface area (Å²) in [5.41, 5.74) is 0. The van der Waals surface area contributed by atoms with Gasteiger partial charge in [0.1, 0.15) is 6.61 Å². The highest BCUT2D eigenvalue weighted by Crippen LogP contribution is 1.92. The normalized spacial score (nSPS) is 10.9. The topological polar surface area (TPSA) is 93.1 Å². The lowest BCUT2D eigenvalue weighted by atomic mass is 10.4. The maximum Gasteiger partial charge on any atom is 0.507 e. The van der Waals surface area contributed by atoms with Gasteiger partial charge in [-0.05, 0) is 0 Å². The molecule has 0 fully saturated rings. The second kappa shape index (κ2) is 4.85. The van der Waals surface area contributed by atoms with Crippen LogP contribution in [0.1, 0.15) is 0 Å². The number of carbonyl (C=O) groups is 2. The third kappa shape index (κ3) is 4.93. The summed E-state index contributed by atoms with van der Waals surface area (Å²) in [7, 11) is 0. The van der Waals surface area contributed by atoms with E-state index in [9.17, 15) is 9.59 Å². The quantitative estimate of drug-likeness (QED) is 0.474. The Labute approximate surface area is 67.7 Å². The van der Waals surface area contributed by atoms with E-state index >= 15 is 0 Å². The molecule has 12 heavy (non-hydrogen) atoms. The van der Waals surface area contributed by atoms with Crippen molar-refractivity contribution in [2.45, 2.75) is 6.10 Å². The zero-order valence-corrected chi connectivity index (χ0v) is 5.89. The predicted molar refractivity (Wildman–Crippen MR) is 35.7 cm³/mol. The van der Waals surface area contributed by atoms with Crippen molar-refractivity contribution in [2.75, 3.05) is 6.61 Å². The van der Waals surface area contributed by atoms with Gasteiger partial charge in [-0.1, -0.05) is 5.92 Å². The van der Waals surface area contributed by atoms with Gasteiger partial charge in [0.2, 0.25) is 0 Å². The molecule has 1 atom stereocenters. The number of terminal acetylenes is 1. The fraction of sp³-hybridized carbons (Fsp3) is 0.333. The molecular weight excluding hydrogens is 168 g/mol. The van der Waals surface area contributed by atoms with Gasteiger partial charge in [-0.15, -0.1) is 6.42 Å². The van der Waals surface area contributed by atoms with Crippen LogP contribution in [-0.2, 0) is 9.47 Å². The van der Waals surface area contributed by atoms with Crippen LogP contribution < -0.4 is 0 Å². The van der Waals surface area contributed by atoms with E-state index in [1.807, 2.05) is 5.92 Å². The first kappa shape index (κ1) is 10.1. The van der Waals surface area contributed by atoms with Crippen molar-refractivity contribution in [3.63, 3.8) is 0 Å². The van der Waals surface area contributed by atoms with E-state index in [2.05, 4.69) is 9.47 Å². The standard InChI is InChI=1S/C6H6O6/c1-2-4(12-6(9)10)3-11-5(7)8/h1,4H,3H2,(H,7,8)(H,9,10). The van der Waals surface area contributed by atoms with Crippen LogP contribution in [0, 0.1) is 12.3 Å². The molecule has 2 N–H and O–H groups in total. The van der Waals surface area contributed by atoms with Gasteiger partial charge in [0.05, 0.1) is 0 Å². The molecule has 0 aliphatic carbocycles. The summed E-state index contributed by atoms with van der Waals surface area (Å²) in [6.07, 6.45) is 0.486. The van der Waals surface area contributed by atoms with Gasteiger partial charge in [0, 0.05) is 0 Å². The molecule has 0 amide bonds. The van der Waals surface area contributed by atoms with Crippen molar-refractivity contribution in [2.24, 2.45) is 0 Å². The maximum absolute atomic E-state index is 9.89. The molecule has 0 rings (SSSR count). The SMILES string of the molecule is C#CC(COC(=O)O)OC(=O)O.